The van der Waals surface area contributed by atoms with Gasteiger partial charge in [-0.3, -0.25) is 9.59 Å². The highest BCUT2D eigenvalue weighted by Gasteiger charge is 2.30. The van der Waals surface area contributed by atoms with Gasteiger partial charge in [0.2, 0.25) is 11.8 Å². The van der Waals surface area contributed by atoms with Crippen LogP contribution < -0.4 is 10.6 Å². The van der Waals surface area contributed by atoms with Crippen molar-refractivity contribution in [2.45, 2.75) is 64.0 Å². The Labute approximate surface area is 108 Å². The van der Waals surface area contributed by atoms with Crippen molar-refractivity contribution in [2.75, 3.05) is 6.54 Å². The Hall–Kier alpha value is -1.10. The van der Waals surface area contributed by atoms with Crippen LogP contribution in [0.15, 0.2) is 0 Å². The molecule has 5 heteroatoms. The zero-order valence-electron chi connectivity index (χ0n) is 11.3. The third-order valence-corrected chi connectivity index (χ3v) is 3.39. The SMILES string of the molecule is CC(=O)NC(C)CC(=O)NCCC1(O)CCCC1. The van der Waals surface area contributed by atoms with Crippen molar-refractivity contribution in [3.05, 3.63) is 0 Å². The van der Waals surface area contributed by atoms with E-state index >= 15 is 0 Å². The van der Waals surface area contributed by atoms with Crippen LogP contribution in [0, 0.1) is 0 Å². The van der Waals surface area contributed by atoms with E-state index in [1.165, 1.54) is 6.92 Å². The molecular weight excluding hydrogens is 232 g/mol. The Morgan fingerprint density at radius 3 is 2.50 bits per heavy atom. The summed E-state index contributed by atoms with van der Waals surface area (Å²) in [5, 5.41) is 15.5. The fourth-order valence-electron chi connectivity index (χ4n) is 2.47. The Balaban J connectivity index is 2.15. The number of hydrogen-bond donors (Lipinski definition) is 3. The van der Waals surface area contributed by atoms with Crippen LogP contribution in [0.2, 0.25) is 0 Å². The van der Waals surface area contributed by atoms with Gasteiger partial charge in [-0.1, -0.05) is 12.8 Å². The van der Waals surface area contributed by atoms with Crippen LogP contribution in [-0.4, -0.2) is 35.1 Å². The average molecular weight is 256 g/mol. The van der Waals surface area contributed by atoms with Crippen molar-refractivity contribution in [2.24, 2.45) is 0 Å². The molecule has 0 aromatic rings. The lowest BCUT2D eigenvalue weighted by Crippen LogP contribution is -2.38. The average Bonchev–Trinajstić information content (AvgIpc) is 2.63. The van der Waals surface area contributed by atoms with Crippen LogP contribution in [0.3, 0.4) is 0 Å². The van der Waals surface area contributed by atoms with Crippen LogP contribution in [0.25, 0.3) is 0 Å². The highest BCUT2D eigenvalue weighted by Crippen LogP contribution is 2.31. The standard InChI is InChI=1S/C13H24N2O3/c1-10(15-11(2)16)9-12(17)14-8-7-13(18)5-3-4-6-13/h10,18H,3-9H2,1-2H3,(H,14,17)(H,15,16). The van der Waals surface area contributed by atoms with Crippen molar-refractivity contribution in [3.63, 3.8) is 0 Å². The summed E-state index contributed by atoms with van der Waals surface area (Å²) < 4.78 is 0. The number of carbonyl (C=O) groups is 2. The summed E-state index contributed by atoms with van der Waals surface area (Å²) >= 11 is 0. The summed E-state index contributed by atoms with van der Waals surface area (Å²) in [7, 11) is 0. The molecule has 0 bridgehead atoms. The van der Waals surface area contributed by atoms with E-state index in [4.69, 9.17) is 0 Å². The molecule has 0 spiro atoms. The summed E-state index contributed by atoms with van der Waals surface area (Å²) in [6.45, 7) is 3.73. The molecule has 1 fully saturated rings. The zero-order chi connectivity index (χ0) is 13.6. The lowest BCUT2D eigenvalue weighted by Gasteiger charge is -2.22. The number of hydrogen-bond acceptors (Lipinski definition) is 3. The summed E-state index contributed by atoms with van der Waals surface area (Å²) in [6.07, 6.45) is 4.72. The number of rotatable bonds is 6. The molecule has 0 heterocycles. The normalized spacial score (nSPS) is 19.3. The molecule has 0 saturated heterocycles. The Bertz CT molecular complexity index is 299. The smallest absolute Gasteiger partial charge is 0.222 e. The van der Waals surface area contributed by atoms with Crippen LogP contribution in [0.1, 0.15) is 52.4 Å². The fraction of sp³-hybridized carbons (Fsp3) is 0.846. The van der Waals surface area contributed by atoms with Crippen molar-refractivity contribution in [1.82, 2.24) is 10.6 Å². The van der Waals surface area contributed by atoms with E-state index in [9.17, 15) is 14.7 Å². The first kappa shape index (κ1) is 15.0. The van der Waals surface area contributed by atoms with Crippen molar-refractivity contribution >= 4 is 11.8 Å². The molecule has 0 radical (unpaired) electrons. The first-order valence-corrected chi connectivity index (χ1v) is 6.67. The minimum Gasteiger partial charge on any atom is -0.390 e. The van der Waals surface area contributed by atoms with Crippen molar-refractivity contribution in [1.29, 1.82) is 0 Å². The maximum absolute atomic E-state index is 11.6. The topological polar surface area (TPSA) is 78.4 Å². The van der Waals surface area contributed by atoms with Gasteiger partial charge in [-0.2, -0.15) is 0 Å². The third-order valence-electron chi connectivity index (χ3n) is 3.39. The number of aliphatic hydroxyl groups is 1. The molecular formula is C13H24N2O3. The van der Waals surface area contributed by atoms with Gasteiger partial charge in [-0.15, -0.1) is 0 Å². The second-order valence-corrected chi connectivity index (χ2v) is 5.34. The van der Waals surface area contributed by atoms with Crippen LogP contribution in [-0.2, 0) is 9.59 Å². The molecule has 0 aromatic heterocycles. The largest absolute Gasteiger partial charge is 0.390 e. The maximum Gasteiger partial charge on any atom is 0.222 e. The van der Waals surface area contributed by atoms with Crippen molar-refractivity contribution in [3.8, 4) is 0 Å². The summed E-state index contributed by atoms with van der Waals surface area (Å²) in [5.74, 6) is -0.214. The molecule has 1 rings (SSSR count). The first-order chi connectivity index (χ1) is 8.41. The van der Waals surface area contributed by atoms with Gasteiger partial charge in [0.1, 0.15) is 0 Å². The van der Waals surface area contributed by atoms with Gasteiger partial charge in [-0.25, -0.2) is 0 Å². The van der Waals surface area contributed by atoms with Gasteiger partial charge in [-0.05, 0) is 26.2 Å². The minimum atomic E-state index is -0.573. The van der Waals surface area contributed by atoms with Crippen LogP contribution >= 0.6 is 0 Å². The first-order valence-electron chi connectivity index (χ1n) is 6.67. The van der Waals surface area contributed by atoms with E-state index in [1.54, 1.807) is 6.92 Å². The molecule has 0 aliphatic heterocycles. The molecule has 1 unspecified atom stereocenters. The predicted molar refractivity (Wildman–Crippen MR) is 68.9 cm³/mol. The lowest BCUT2D eigenvalue weighted by atomic mass is 9.98. The van der Waals surface area contributed by atoms with E-state index < -0.39 is 5.60 Å². The summed E-state index contributed by atoms with van der Waals surface area (Å²) in [5.41, 5.74) is -0.573. The summed E-state index contributed by atoms with van der Waals surface area (Å²) in [4.78, 5) is 22.4. The monoisotopic (exact) mass is 256 g/mol. The van der Waals surface area contributed by atoms with Crippen LogP contribution in [0.5, 0.6) is 0 Å². The molecule has 1 aliphatic carbocycles. The molecule has 3 N–H and O–H groups in total. The Morgan fingerprint density at radius 2 is 1.94 bits per heavy atom. The van der Waals surface area contributed by atoms with Gasteiger partial charge in [0.05, 0.1) is 5.60 Å². The fourth-order valence-corrected chi connectivity index (χ4v) is 2.47. The van der Waals surface area contributed by atoms with E-state index in [0.717, 1.165) is 25.7 Å². The van der Waals surface area contributed by atoms with Gasteiger partial charge in [0, 0.05) is 25.9 Å². The number of amides is 2. The van der Waals surface area contributed by atoms with Crippen molar-refractivity contribution < 1.29 is 14.7 Å². The van der Waals surface area contributed by atoms with Gasteiger partial charge < -0.3 is 15.7 Å². The van der Waals surface area contributed by atoms with E-state index in [0.29, 0.717) is 13.0 Å². The minimum absolute atomic E-state index is 0.0853. The molecule has 1 atom stereocenters. The van der Waals surface area contributed by atoms with E-state index in [2.05, 4.69) is 10.6 Å². The van der Waals surface area contributed by atoms with Gasteiger partial charge in [0.25, 0.3) is 0 Å². The molecule has 18 heavy (non-hydrogen) atoms. The van der Waals surface area contributed by atoms with Gasteiger partial charge >= 0.3 is 0 Å². The molecule has 0 aromatic carbocycles. The number of nitrogens with one attached hydrogen (secondary N) is 2. The molecule has 1 aliphatic rings. The van der Waals surface area contributed by atoms with E-state index in [1.807, 2.05) is 0 Å². The molecule has 2 amide bonds. The molecule has 104 valence electrons. The second-order valence-electron chi connectivity index (χ2n) is 5.34. The van der Waals surface area contributed by atoms with Crippen LogP contribution in [0.4, 0.5) is 0 Å². The Kier molecular flexibility index (Phi) is 5.59. The van der Waals surface area contributed by atoms with E-state index in [-0.39, 0.29) is 24.3 Å². The molecule has 5 nitrogen and oxygen atoms in total. The maximum atomic E-state index is 11.6. The third kappa shape index (κ3) is 5.49. The van der Waals surface area contributed by atoms with Gasteiger partial charge in [0.15, 0.2) is 0 Å². The highest BCUT2D eigenvalue weighted by atomic mass is 16.3. The Morgan fingerprint density at radius 1 is 1.33 bits per heavy atom. The predicted octanol–water partition coefficient (Wildman–Crippen LogP) is 0.712. The summed E-state index contributed by atoms with van der Waals surface area (Å²) in [6, 6.07) is -0.155. The zero-order valence-corrected chi connectivity index (χ0v) is 11.3. The quantitative estimate of drug-likeness (QED) is 0.655. The molecule has 1 saturated carbocycles. The lowest BCUT2D eigenvalue weighted by molar-refractivity contribution is -0.122. The highest BCUT2D eigenvalue weighted by molar-refractivity contribution is 5.78. The second kappa shape index (κ2) is 6.73. The number of carbonyl (C=O) groups excluding carboxylic acids is 2.